The summed E-state index contributed by atoms with van der Waals surface area (Å²) < 4.78 is 42.7. The summed E-state index contributed by atoms with van der Waals surface area (Å²) in [6.45, 7) is -0.0311. The zero-order chi connectivity index (χ0) is 24.6. The molecule has 2 N–H and O–H groups in total. The molecule has 3 heterocycles. The smallest absolute Gasteiger partial charge is 0.269 e. The van der Waals surface area contributed by atoms with Crippen LogP contribution in [0.3, 0.4) is 0 Å². The van der Waals surface area contributed by atoms with Crippen molar-refractivity contribution in [3.05, 3.63) is 114 Å². The maximum atomic E-state index is 14.9. The van der Waals surface area contributed by atoms with Crippen LogP contribution in [0.2, 0.25) is 0 Å². The third-order valence-corrected chi connectivity index (χ3v) is 8.51. The van der Waals surface area contributed by atoms with Gasteiger partial charge in [-0.25, -0.2) is 21.8 Å². The van der Waals surface area contributed by atoms with Crippen molar-refractivity contribution in [2.24, 2.45) is 5.73 Å². The van der Waals surface area contributed by atoms with Gasteiger partial charge in [-0.05, 0) is 47.5 Å². The number of benzene rings is 1. The van der Waals surface area contributed by atoms with Gasteiger partial charge in [-0.3, -0.25) is 4.98 Å². The number of fused-ring (bicyclic) bond motifs is 1. The molecule has 0 bridgehead atoms. The molecular formula is C26H22ClFN4O2S. The Morgan fingerprint density at radius 1 is 1.09 bits per heavy atom. The van der Waals surface area contributed by atoms with E-state index in [9.17, 15) is 12.8 Å². The van der Waals surface area contributed by atoms with Gasteiger partial charge in [0.05, 0.1) is 21.4 Å². The average Bonchev–Trinajstić information content (AvgIpc) is 3.25. The van der Waals surface area contributed by atoms with Gasteiger partial charge in [-0.15, -0.1) is 11.6 Å². The molecule has 2 atom stereocenters. The minimum absolute atomic E-state index is 0.0311. The highest BCUT2D eigenvalue weighted by atomic mass is 35.5. The molecule has 0 saturated carbocycles. The summed E-state index contributed by atoms with van der Waals surface area (Å²) in [5.74, 6) is -0.428. The lowest BCUT2D eigenvalue weighted by molar-refractivity contribution is 0.397. The van der Waals surface area contributed by atoms with E-state index in [1.165, 1.54) is 10.0 Å². The summed E-state index contributed by atoms with van der Waals surface area (Å²) in [5, 5.41) is 0.0600. The maximum absolute atomic E-state index is 14.9. The van der Waals surface area contributed by atoms with Crippen LogP contribution in [-0.2, 0) is 21.9 Å². The highest BCUT2D eigenvalue weighted by Gasteiger charge is 2.44. The second-order valence-corrected chi connectivity index (χ2v) is 10.6. The molecule has 1 aromatic carbocycles. The molecule has 6 nitrogen and oxygen atoms in total. The van der Waals surface area contributed by atoms with Crippen LogP contribution in [0.15, 0.2) is 102 Å². The number of nitrogens with two attached hydrogens (primary N) is 1. The Morgan fingerprint density at radius 3 is 2.57 bits per heavy atom. The maximum Gasteiger partial charge on any atom is 0.269 e. The number of rotatable bonds is 6. The van der Waals surface area contributed by atoms with E-state index < -0.39 is 26.6 Å². The molecule has 0 radical (unpaired) electrons. The van der Waals surface area contributed by atoms with Crippen LogP contribution in [0, 0.1) is 0 Å². The third-order valence-electron chi connectivity index (χ3n) is 6.33. The molecule has 0 aliphatic heterocycles. The molecular weight excluding hydrogens is 487 g/mol. The van der Waals surface area contributed by atoms with Gasteiger partial charge in [0, 0.05) is 36.9 Å². The molecule has 178 valence electrons. The zero-order valence-corrected chi connectivity index (χ0v) is 20.1. The lowest BCUT2D eigenvalue weighted by Crippen LogP contribution is -2.45. The first-order chi connectivity index (χ1) is 16.9. The summed E-state index contributed by atoms with van der Waals surface area (Å²) >= 11 is 6.45. The summed E-state index contributed by atoms with van der Waals surface area (Å²) in [4.78, 5) is 9.02. The number of hydrogen-bond donors (Lipinski definition) is 1. The van der Waals surface area contributed by atoms with E-state index in [4.69, 9.17) is 17.3 Å². The number of alkyl halides is 1. The van der Waals surface area contributed by atoms with Gasteiger partial charge < -0.3 is 5.73 Å². The van der Waals surface area contributed by atoms with Crippen molar-refractivity contribution >= 4 is 32.7 Å². The fraction of sp³-hybridized carbons (Fsp3) is 0.154. The molecule has 1 aliphatic rings. The minimum atomic E-state index is -3.83. The van der Waals surface area contributed by atoms with E-state index in [2.05, 4.69) is 9.97 Å². The molecule has 0 spiro atoms. The number of halogens is 2. The normalized spacial score (nSPS) is 20.2. The van der Waals surface area contributed by atoms with Crippen molar-refractivity contribution < 1.29 is 12.8 Å². The first-order valence-corrected chi connectivity index (χ1v) is 12.8. The standard InChI is InChI=1S/C26H22ClFN4O2S/c27-22-9-4-10-23(28)26(22,17-29)24-12-11-18(15-31-24)14-19-16-32(25-21(19)8-5-13-30-25)35(33,34)20-6-2-1-3-7-20/h1-13,15-16,22H,14,17,29H2. The first kappa shape index (κ1) is 23.4. The van der Waals surface area contributed by atoms with E-state index in [0.29, 0.717) is 17.8 Å². The molecule has 2 unspecified atom stereocenters. The highest BCUT2D eigenvalue weighted by molar-refractivity contribution is 7.90. The van der Waals surface area contributed by atoms with E-state index in [0.717, 1.165) is 16.5 Å². The van der Waals surface area contributed by atoms with Crippen LogP contribution in [0.25, 0.3) is 11.0 Å². The van der Waals surface area contributed by atoms with Crippen molar-refractivity contribution in [1.82, 2.24) is 13.9 Å². The monoisotopic (exact) mass is 508 g/mol. The van der Waals surface area contributed by atoms with Crippen LogP contribution in [0.5, 0.6) is 0 Å². The van der Waals surface area contributed by atoms with Gasteiger partial charge in [0.15, 0.2) is 5.65 Å². The van der Waals surface area contributed by atoms with E-state index in [1.54, 1.807) is 73.2 Å². The lowest BCUT2D eigenvalue weighted by Gasteiger charge is -2.35. The largest absolute Gasteiger partial charge is 0.329 e. The van der Waals surface area contributed by atoms with Gasteiger partial charge in [0.2, 0.25) is 0 Å². The summed E-state index contributed by atoms with van der Waals surface area (Å²) in [6.07, 6.45) is 9.84. The topological polar surface area (TPSA) is 90.9 Å². The summed E-state index contributed by atoms with van der Waals surface area (Å²) in [7, 11) is -3.83. The molecule has 0 fully saturated rings. The SMILES string of the molecule is NCC1(c2ccc(Cc3cn(S(=O)(=O)c4ccccc4)c4ncccc34)cn2)C(F)=CC=CC1Cl. The quantitative estimate of drug-likeness (QED) is 0.388. The van der Waals surface area contributed by atoms with Gasteiger partial charge in [0.1, 0.15) is 5.83 Å². The molecule has 0 amide bonds. The van der Waals surface area contributed by atoms with Gasteiger partial charge >= 0.3 is 0 Å². The van der Waals surface area contributed by atoms with E-state index in [1.807, 2.05) is 12.1 Å². The van der Waals surface area contributed by atoms with Gasteiger partial charge in [-0.1, -0.05) is 36.4 Å². The molecule has 5 rings (SSSR count). The lowest BCUT2D eigenvalue weighted by atomic mass is 9.76. The van der Waals surface area contributed by atoms with Gasteiger partial charge in [0.25, 0.3) is 10.0 Å². The molecule has 1 aliphatic carbocycles. The van der Waals surface area contributed by atoms with Crippen molar-refractivity contribution in [3.8, 4) is 0 Å². The van der Waals surface area contributed by atoms with Crippen molar-refractivity contribution in [3.63, 3.8) is 0 Å². The Bertz CT molecular complexity index is 1550. The summed E-state index contributed by atoms with van der Waals surface area (Å²) in [6, 6.07) is 15.4. The Kier molecular flexibility index (Phi) is 6.04. The molecule has 35 heavy (non-hydrogen) atoms. The van der Waals surface area contributed by atoms with Crippen LogP contribution in [-0.4, -0.2) is 34.3 Å². The van der Waals surface area contributed by atoms with Crippen molar-refractivity contribution in [1.29, 1.82) is 0 Å². The molecule has 3 aromatic heterocycles. The number of hydrogen-bond acceptors (Lipinski definition) is 5. The first-order valence-electron chi connectivity index (χ1n) is 11.0. The second kappa shape index (κ2) is 9.03. The Morgan fingerprint density at radius 2 is 1.89 bits per heavy atom. The number of allylic oxidation sites excluding steroid dienone is 3. The second-order valence-electron chi connectivity index (χ2n) is 8.35. The minimum Gasteiger partial charge on any atom is -0.329 e. The van der Waals surface area contributed by atoms with E-state index >= 15 is 0 Å². The Hall–Kier alpha value is -3.33. The summed E-state index contributed by atoms with van der Waals surface area (Å²) in [5.41, 5.74) is 7.13. The van der Waals surface area contributed by atoms with Crippen molar-refractivity contribution in [2.75, 3.05) is 6.54 Å². The van der Waals surface area contributed by atoms with Crippen LogP contribution < -0.4 is 5.73 Å². The number of nitrogens with zero attached hydrogens (tertiary/aromatic N) is 3. The predicted octanol–water partition coefficient (Wildman–Crippen LogP) is 4.49. The number of aromatic nitrogens is 3. The molecule has 9 heteroatoms. The Balaban J connectivity index is 1.52. The fourth-order valence-electron chi connectivity index (χ4n) is 4.40. The van der Waals surface area contributed by atoms with E-state index in [-0.39, 0.29) is 11.4 Å². The average molecular weight is 509 g/mol. The van der Waals surface area contributed by atoms with Crippen LogP contribution in [0.1, 0.15) is 16.8 Å². The van der Waals surface area contributed by atoms with Gasteiger partial charge in [-0.2, -0.15) is 0 Å². The number of pyridine rings is 2. The fourth-order valence-corrected chi connectivity index (χ4v) is 6.16. The third kappa shape index (κ3) is 3.87. The van der Waals surface area contributed by atoms with Crippen LogP contribution in [0.4, 0.5) is 4.39 Å². The molecule has 0 saturated heterocycles. The highest BCUT2D eigenvalue weighted by Crippen LogP contribution is 2.40. The van der Waals surface area contributed by atoms with Crippen molar-refractivity contribution in [2.45, 2.75) is 22.1 Å². The Labute approximate surface area is 207 Å². The predicted molar refractivity (Wildman–Crippen MR) is 135 cm³/mol. The molecule has 4 aromatic rings. The zero-order valence-electron chi connectivity index (χ0n) is 18.6. The van der Waals surface area contributed by atoms with Crippen LogP contribution >= 0.6 is 11.6 Å².